The topological polar surface area (TPSA) is 50.5 Å². The Labute approximate surface area is 121 Å². The molecule has 0 radical (unpaired) electrons. The van der Waals surface area contributed by atoms with Gasteiger partial charge in [-0.1, -0.05) is 12.1 Å². The highest BCUT2D eigenvalue weighted by atomic mass is 16.3. The third-order valence-electron chi connectivity index (χ3n) is 4.16. The van der Waals surface area contributed by atoms with Crippen molar-refractivity contribution in [2.75, 3.05) is 40.8 Å². The van der Waals surface area contributed by atoms with E-state index in [1.807, 2.05) is 32.3 Å². The van der Waals surface area contributed by atoms with E-state index < -0.39 is 5.60 Å². The summed E-state index contributed by atoms with van der Waals surface area (Å²) in [4.78, 5) is 4.37. The number of likely N-dealkylation sites (tertiary alicyclic amines) is 1. The number of hydrogen-bond donors (Lipinski definition) is 1. The van der Waals surface area contributed by atoms with Crippen molar-refractivity contribution in [3.05, 3.63) is 35.4 Å². The molecule has 0 spiro atoms. The Bertz CT molecular complexity index is 507. The summed E-state index contributed by atoms with van der Waals surface area (Å²) >= 11 is 0. The van der Waals surface area contributed by atoms with Gasteiger partial charge in [-0.05, 0) is 45.3 Å². The van der Waals surface area contributed by atoms with Gasteiger partial charge < -0.3 is 14.9 Å². The quantitative estimate of drug-likeness (QED) is 0.901. The minimum atomic E-state index is -0.844. The van der Waals surface area contributed by atoms with Gasteiger partial charge in [0, 0.05) is 25.6 Å². The maximum absolute atomic E-state index is 11.2. The van der Waals surface area contributed by atoms with Gasteiger partial charge in [-0.15, -0.1) is 0 Å². The Morgan fingerprint density at radius 3 is 2.90 bits per heavy atom. The molecule has 1 aliphatic heterocycles. The zero-order chi connectivity index (χ0) is 14.8. The molecule has 0 aliphatic carbocycles. The molecule has 2 atom stereocenters. The van der Waals surface area contributed by atoms with E-state index in [1.54, 1.807) is 6.07 Å². The minimum absolute atomic E-state index is 0.144. The lowest BCUT2D eigenvalue weighted by Crippen LogP contribution is -2.52. The summed E-state index contributed by atoms with van der Waals surface area (Å²) < 4.78 is 0. The number of piperidine rings is 1. The van der Waals surface area contributed by atoms with Crippen LogP contribution in [0.25, 0.3) is 0 Å². The van der Waals surface area contributed by atoms with E-state index in [9.17, 15) is 5.11 Å². The number of benzene rings is 1. The highest BCUT2D eigenvalue weighted by Gasteiger charge is 2.42. The summed E-state index contributed by atoms with van der Waals surface area (Å²) in [5.74, 6) is 0.144. The summed E-state index contributed by atoms with van der Waals surface area (Å²) in [7, 11) is 6.15. The average molecular weight is 273 g/mol. The molecule has 0 saturated carbocycles. The first-order chi connectivity index (χ1) is 9.45. The molecule has 1 fully saturated rings. The number of aliphatic hydroxyl groups is 1. The Kier molecular flexibility index (Phi) is 4.44. The minimum Gasteiger partial charge on any atom is -0.385 e. The lowest BCUT2D eigenvalue weighted by Gasteiger charge is -2.45. The van der Waals surface area contributed by atoms with E-state index in [1.165, 1.54) is 0 Å². The average Bonchev–Trinajstić information content (AvgIpc) is 2.42. The second-order valence-corrected chi connectivity index (χ2v) is 6.09. The standard InChI is InChI=1S/C16H23N3O/c1-18(2)11-15-12-19(3)8-7-16(15,20)14-6-4-5-13(9-14)10-17/h4-6,9,15,20H,7-8,11-12H2,1-3H3/t15-,16+/m0/s1. The summed E-state index contributed by atoms with van der Waals surface area (Å²) in [5.41, 5.74) is 0.638. The molecule has 1 N–H and O–H groups in total. The van der Waals surface area contributed by atoms with Crippen LogP contribution in [-0.2, 0) is 5.60 Å². The van der Waals surface area contributed by atoms with E-state index in [0.29, 0.717) is 12.0 Å². The summed E-state index contributed by atoms with van der Waals surface area (Å²) in [5, 5.41) is 20.3. The van der Waals surface area contributed by atoms with Gasteiger partial charge in [0.05, 0.1) is 17.2 Å². The van der Waals surface area contributed by atoms with Gasteiger partial charge in [0.1, 0.15) is 0 Å². The molecule has 1 heterocycles. The normalized spacial score (nSPS) is 27.5. The van der Waals surface area contributed by atoms with Gasteiger partial charge >= 0.3 is 0 Å². The predicted octanol–water partition coefficient (Wildman–Crippen LogP) is 1.26. The summed E-state index contributed by atoms with van der Waals surface area (Å²) in [6.45, 7) is 2.57. The van der Waals surface area contributed by atoms with E-state index >= 15 is 0 Å². The van der Waals surface area contributed by atoms with Gasteiger partial charge in [0.25, 0.3) is 0 Å². The van der Waals surface area contributed by atoms with Crippen LogP contribution in [0.2, 0.25) is 0 Å². The monoisotopic (exact) mass is 273 g/mol. The van der Waals surface area contributed by atoms with Gasteiger partial charge in [-0.3, -0.25) is 0 Å². The lowest BCUT2D eigenvalue weighted by molar-refractivity contribution is -0.0798. The zero-order valence-corrected chi connectivity index (χ0v) is 12.5. The van der Waals surface area contributed by atoms with Gasteiger partial charge in [0.15, 0.2) is 0 Å². The van der Waals surface area contributed by atoms with Crippen molar-refractivity contribution in [3.8, 4) is 6.07 Å². The fourth-order valence-corrected chi connectivity index (χ4v) is 3.07. The van der Waals surface area contributed by atoms with Crippen molar-refractivity contribution < 1.29 is 5.11 Å². The highest BCUT2D eigenvalue weighted by molar-refractivity contribution is 5.36. The molecule has 4 nitrogen and oxygen atoms in total. The zero-order valence-electron chi connectivity index (χ0n) is 12.5. The van der Waals surface area contributed by atoms with Crippen LogP contribution in [0.1, 0.15) is 17.5 Å². The summed E-state index contributed by atoms with van der Waals surface area (Å²) in [6, 6.07) is 9.56. The Balaban J connectivity index is 2.35. The molecule has 0 aromatic heterocycles. The van der Waals surface area contributed by atoms with Crippen molar-refractivity contribution in [2.24, 2.45) is 5.92 Å². The van der Waals surface area contributed by atoms with Crippen molar-refractivity contribution in [2.45, 2.75) is 12.0 Å². The molecular weight excluding hydrogens is 250 g/mol. The molecule has 1 saturated heterocycles. The maximum atomic E-state index is 11.2. The number of hydrogen-bond acceptors (Lipinski definition) is 4. The van der Waals surface area contributed by atoms with E-state index in [-0.39, 0.29) is 5.92 Å². The molecule has 108 valence electrons. The number of nitriles is 1. The maximum Gasteiger partial charge on any atom is 0.0991 e. The Morgan fingerprint density at radius 1 is 1.50 bits per heavy atom. The van der Waals surface area contributed by atoms with Crippen LogP contribution in [0.5, 0.6) is 0 Å². The fraction of sp³-hybridized carbons (Fsp3) is 0.562. The van der Waals surface area contributed by atoms with Crippen molar-refractivity contribution in [1.29, 1.82) is 5.26 Å². The molecular formula is C16H23N3O. The van der Waals surface area contributed by atoms with Crippen LogP contribution in [0, 0.1) is 17.2 Å². The molecule has 0 amide bonds. The van der Waals surface area contributed by atoms with E-state index in [4.69, 9.17) is 5.26 Å². The molecule has 0 bridgehead atoms. The number of rotatable bonds is 3. The second-order valence-electron chi connectivity index (χ2n) is 6.09. The lowest BCUT2D eigenvalue weighted by atomic mass is 9.75. The molecule has 0 unspecified atom stereocenters. The molecule has 1 aromatic rings. The van der Waals surface area contributed by atoms with E-state index in [0.717, 1.165) is 25.2 Å². The van der Waals surface area contributed by atoms with Crippen molar-refractivity contribution >= 4 is 0 Å². The van der Waals surface area contributed by atoms with Gasteiger partial charge in [0.2, 0.25) is 0 Å². The van der Waals surface area contributed by atoms with Gasteiger partial charge in [-0.25, -0.2) is 0 Å². The molecule has 2 rings (SSSR count). The smallest absolute Gasteiger partial charge is 0.0991 e. The SMILES string of the molecule is CN(C)C[C@H]1CN(C)CC[C@@]1(O)c1cccc(C#N)c1. The first kappa shape index (κ1) is 15.0. The van der Waals surface area contributed by atoms with Crippen LogP contribution in [0.4, 0.5) is 0 Å². The van der Waals surface area contributed by atoms with Crippen LogP contribution < -0.4 is 0 Å². The van der Waals surface area contributed by atoms with Crippen LogP contribution in [0.15, 0.2) is 24.3 Å². The second kappa shape index (κ2) is 5.92. The van der Waals surface area contributed by atoms with Crippen LogP contribution >= 0.6 is 0 Å². The molecule has 20 heavy (non-hydrogen) atoms. The fourth-order valence-electron chi connectivity index (χ4n) is 3.07. The highest BCUT2D eigenvalue weighted by Crippen LogP contribution is 2.37. The molecule has 4 heteroatoms. The van der Waals surface area contributed by atoms with E-state index in [2.05, 4.69) is 22.9 Å². The van der Waals surface area contributed by atoms with Crippen LogP contribution in [0.3, 0.4) is 0 Å². The summed E-state index contributed by atoms with van der Waals surface area (Å²) in [6.07, 6.45) is 0.705. The third kappa shape index (κ3) is 3.01. The van der Waals surface area contributed by atoms with Gasteiger partial charge in [-0.2, -0.15) is 5.26 Å². The number of nitrogens with zero attached hydrogens (tertiary/aromatic N) is 3. The van der Waals surface area contributed by atoms with Crippen molar-refractivity contribution in [3.63, 3.8) is 0 Å². The van der Waals surface area contributed by atoms with Crippen molar-refractivity contribution in [1.82, 2.24) is 9.80 Å². The Hall–Kier alpha value is -1.41. The first-order valence-corrected chi connectivity index (χ1v) is 7.02. The first-order valence-electron chi connectivity index (χ1n) is 7.02. The largest absolute Gasteiger partial charge is 0.385 e. The molecule has 1 aromatic carbocycles. The predicted molar refractivity (Wildman–Crippen MR) is 79.2 cm³/mol. The van der Waals surface area contributed by atoms with Crippen LogP contribution in [-0.4, -0.2) is 55.7 Å². The molecule has 1 aliphatic rings. The Morgan fingerprint density at radius 2 is 2.25 bits per heavy atom. The third-order valence-corrected chi connectivity index (χ3v) is 4.16.